The summed E-state index contributed by atoms with van der Waals surface area (Å²) in [6.07, 6.45) is 3.91. The summed E-state index contributed by atoms with van der Waals surface area (Å²) in [7, 11) is 0. The SMILES string of the molecule is CCc1ccccc1-c1cc(-c2ccc3c(c2)c2cc(-c4cc(-c5ccccc5CC)cc(-c5ccccc5CC)c4)ccc2n3-c2ccccc2C(C)(C)C)cc(-c2ccccc2CC)c1. The first-order chi connectivity index (χ1) is 32.7. The van der Waals surface area contributed by atoms with Gasteiger partial charge >= 0.3 is 0 Å². The zero-order valence-electron chi connectivity index (χ0n) is 40.3. The summed E-state index contributed by atoms with van der Waals surface area (Å²) in [5.74, 6) is 0. The maximum atomic E-state index is 2.52. The van der Waals surface area contributed by atoms with Crippen molar-refractivity contribution in [2.75, 3.05) is 0 Å². The van der Waals surface area contributed by atoms with Gasteiger partial charge in [0, 0.05) is 16.5 Å². The normalized spacial score (nSPS) is 11.7. The summed E-state index contributed by atoms with van der Waals surface area (Å²) in [4.78, 5) is 0. The van der Waals surface area contributed by atoms with Crippen LogP contribution in [0.1, 0.15) is 76.3 Å². The van der Waals surface area contributed by atoms with E-state index in [1.165, 1.54) is 122 Å². The zero-order valence-corrected chi connectivity index (χ0v) is 40.3. The Bertz CT molecular complexity index is 3110. The Morgan fingerprint density at radius 2 is 0.627 bits per heavy atom. The van der Waals surface area contributed by atoms with Crippen molar-refractivity contribution in [1.82, 2.24) is 4.57 Å². The highest BCUT2D eigenvalue weighted by Gasteiger charge is 2.23. The molecule has 0 radical (unpaired) electrons. The third kappa shape index (κ3) is 8.23. The van der Waals surface area contributed by atoms with E-state index in [1.54, 1.807) is 0 Å². The van der Waals surface area contributed by atoms with Gasteiger partial charge in [-0.1, -0.05) is 176 Å². The average molecular weight is 868 g/mol. The molecule has 0 aliphatic carbocycles. The quantitative estimate of drug-likeness (QED) is 0.122. The molecule has 0 saturated carbocycles. The van der Waals surface area contributed by atoms with Crippen LogP contribution < -0.4 is 0 Å². The number of rotatable bonds is 11. The number of para-hydroxylation sites is 1. The van der Waals surface area contributed by atoms with E-state index < -0.39 is 0 Å². The van der Waals surface area contributed by atoms with Gasteiger partial charge in [0.1, 0.15) is 0 Å². The maximum Gasteiger partial charge on any atom is 0.0541 e. The molecule has 0 amide bonds. The van der Waals surface area contributed by atoms with Crippen molar-refractivity contribution in [2.24, 2.45) is 0 Å². The molecule has 0 bridgehead atoms. The van der Waals surface area contributed by atoms with Gasteiger partial charge in [-0.05, 0) is 192 Å². The first-order valence-electron chi connectivity index (χ1n) is 24.5. The summed E-state index contributed by atoms with van der Waals surface area (Å²) in [6, 6.07) is 73.5. The van der Waals surface area contributed by atoms with E-state index in [0.717, 1.165) is 25.7 Å². The third-order valence-corrected chi connectivity index (χ3v) is 14.1. The Labute approximate surface area is 398 Å². The van der Waals surface area contributed by atoms with Gasteiger partial charge in [0.15, 0.2) is 0 Å². The van der Waals surface area contributed by atoms with E-state index in [1.807, 2.05) is 0 Å². The Kier molecular flexibility index (Phi) is 11.9. The van der Waals surface area contributed by atoms with Crippen LogP contribution in [0.15, 0.2) is 194 Å². The predicted molar refractivity (Wildman–Crippen MR) is 290 cm³/mol. The van der Waals surface area contributed by atoms with E-state index in [0.29, 0.717) is 0 Å². The van der Waals surface area contributed by atoms with Crippen molar-refractivity contribution >= 4 is 21.8 Å². The minimum absolute atomic E-state index is 0.0554. The van der Waals surface area contributed by atoms with Gasteiger partial charge in [-0.25, -0.2) is 0 Å². The minimum Gasteiger partial charge on any atom is -0.309 e. The molecule has 10 rings (SSSR count). The molecule has 0 N–H and O–H groups in total. The van der Waals surface area contributed by atoms with Crippen molar-refractivity contribution < 1.29 is 0 Å². The fourth-order valence-corrected chi connectivity index (χ4v) is 10.6. The highest BCUT2D eigenvalue weighted by Crippen LogP contribution is 2.43. The molecular formula is C66H61N. The second-order valence-electron chi connectivity index (χ2n) is 19.2. The van der Waals surface area contributed by atoms with Gasteiger partial charge in [0.25, 0.3) is 0 Å². The van der Waals surface area contributed by atoms with E-state index in [9.17, 15) is 0 Å². The second kappa shape index (κ2) is 18.2. The number of hydrogen-bond donors (Lipinski definition) is 0. The van der Waals surface area contributed by atoms with Crippen LogP contribution in [0.4, 0.5) is 0 Å². The van der Waals surface area contributed by atoms with Gasteiger partial charge in [-0.2, -0.15) is 0 Å². The molecule has 330 valence electrons. The van der Waals surface area contributed by atoms with Crippen molar-refractivity contribution in [2.45, 2.75) is 79.6 Å². The summed E-state index contributed by atoms with van der Waals surface area (Å²) < 4.78 is 2.52. The molecular weight excluding hydrogens is 807 g/mol. The molecule has 10 aromatic rings. The lowest BCUT2D eigenvalue weighted by Gasteiger charge is -2.24. The molecule has 1 nitrogen and oxygen atoms in total. The van der Waals surface area contributed by atoms with Gasteiger partial charge in [-0.3, -0.25) is 0 Å². The summed E-state index contributed by atoms with van der Waals surface area (Å²) in [6.45, 7) is 16.0. The first kappa shape index (κ1) is 43.7. The topological polar surface area (TPSA) is 4.93 Å². The lowest BCUT2D eigenvalue weighted by molar-refractivity contribution is 0.587. The Morgan fingerprint density at radius 1 is 0.313 bits per heavy atom. The summed E-state index contributed by atoms with van der Waals surface area (Å²) in [5.41, 5.74) is 25.4. The molecule has 0 atom stereocenters. The monoisotopic (exact) mass is 867 g/mol. The number of nitrogens with zero attached hydrogens (tertiary/aromatic N) is 1. The molecule has 0 fully saturated rings. The molecule has 9 aromatic carbocycles. The van der Waals surface area contributed by atoms with Crippen LogP contribution in [0, 0.1) is 0 Å². The second-order valence-corrected chi connectivity index (χ2v) is 19.2. The van der Waals surface area contributed by atoms with Crippen LogP contribution >= 0.6 is 0 Å². The van der Waals surface area contributed by atoms with Crippen LogP contribution in [0.5, 0.6) is 0 Å². The first-order valence-corrected chi connectivity index (χ1v) is 24.5. The highest BCUT2D eigenvalue weighted by atomic mass is 15.0. The minimum atomic E-state index is -0.0554. The number of aryl methyl sites for hydroxylation is 4. The van der Waals surface area contributed by atoms with Crippen LogP contribution in [-0.4, -0.2) is 4.57 Å². The highest BCUT2D eigenvalue weighted by molar-refractivity contribution is 6.12. The Hall–Kier alpha value is -7.22. The van der Waals surface area contributed by atoms with Crippen LogP contribution in [-0.2, 0) is 31.1 Å². The maximum absolute atomic E-state index is 2.52. The van der Waals surface area contributed by atoms with E-state index in [-0.39, 0.29) is 5.41 Å². The fraction of sp³-hybridized carbons (Fsp3) is 0.182. The molecule has 67 heavy (non-hydrogen) atoms. The molecule has 0 aliphatic heterocycles. The number of hydrogen-bond acceptors (Lipinski definition) is 0. The van der Waals surface area contributed by atoms with Crippen molar-refractivity contribution in [3.8, 4) is 72.4 Å². The van der Waals surface area contributed by atoms with Crippen molar-refractivity contribution in [3.05, 3.63) is 222 Å². The molecule has 0 spiro atoms. The molecule has 0 unspecified atom stereocenters. The van der Waals surface area contributed by atoms with E-state index in [4.69, 9.17) is 0 Å². The van der Waals surface area contributed by atoms with Crippen LogP contribution in [0.3, 0.4) is 0 Å². The number of aromatic nitrogens is 1. The Balaban J connectivity index is 1.24. The molecule has 0 saturated heterocycles. The lowest BCUT2D eigenvalue weighted by Crippen LogP contribution is -2.15. The van der Waals surface area contributed by atoms with Crippen molar-refractivity contribution in [3.63, 3.8) is 0 Å². The largest absolute Gasteiger partial charge is 0.309 e. The van der Waals surface area contributed by atoms with E-state index >= 15 is 0 Å². The molecule has 1 heterocycles. The van der Waals surface area contributed by atoms with Gasteiger partial charge in [0.05, 0.1) is 11.0 Å². The molecule has 0 aliphatic rings. The lowest BCUT2D eigenvalue weighted by atomic mass is 9.85. The molecule has 1 heteroatoms. The van der Waals surface area contributed by atoms with Crippen LogP contribution in [0.2, 0.25) is 0 Å². The standard InChI is InChI=1S/C66H61N/c1-8-44-22-12-16-26-56(44)52-36-50(37-53(40-52)57-27-17-13-23-45(57)9-2)48-32-34-63-60(42-48)61-43-49(33-35-64(61)67(63)65-31-21-20-30-62(65)66(5,6)7)51-38-54(58-28-18-14-24-46(58)10-3)41-55(39-51)59-29-19-15-25-47(59)11-4/h12-43H,8-11H2,1-7H3. The third-order valence-electron chi connectivity index (χ3n) is 14.1. The zero-order chi connectivity index (χ0) is 46.2. The van der Waals surface area contributed by atoms with Gasteiger partial charge in [0.2, 0.25) is 0 Å². The summed E-state index contributed by atoms with van der Waals surface area (Å²) >= 11 is 0. The van der Waals surface area contributed by atoms with Crippen LogP contribution in [0.25, 0.3) is 94.3 Å². The van der Waals surface area contributed by atoms with Gasteiger partial charge in [-0.15, -0.1) is 0 Å². The Morgan fingerprint density at radius 3 is 0.970 bits per heavy atom. The average Bonchev–Trinajstić information content (AvgIpc) is 3.70. The molecule has 1 aromatic heterocycles. The predicted octanol–water partition coefficient (Wildman–Crippen LogP) is 18.3. The van der Waals surface area contributed by atoms with E-state index in [2.05, 4.69) is 247 Å². The van der Waals surface area contributed by atoms with Gasteiger partial charge < -0.3 is 4.57 Å². The van der Waals surface area contributed by atoms with Crippen molar-refractivity contribution in [1.29, 1.82) is 0 Å². The fourth-order valence-electron chi connectivity index (χ4n) is 10.6. The number of benzene rings is 9. The number of fused-ring (bicyclic) bond motifs is 3. The smallest absolute Gasteiger partial charge is 0.0541 e. The summed E-state index contributed by atoms with van der Waals surface area (Å²) in [5, 5.41) is 2.49.